The molecule has 4 heteroatoms. The van der Waals surface area contributed by atoms with Crippen LogP contribution in [0, 0.1) is 0 Å². The molecule has 1 aliphatic heterocycles. The van der Waals surface area contributed by atoms with E-state index in [2.05, 4.69) is 4.90 Å². The van der Waals surface area contributed by atoms with Crippen molar-refractivity contribution in [1.82, 2.24) is 4.90 Å². The number of piperidine rings is 1. The zero-order valence-electron chi connectivity index (χ0n) is 13.7. The van der Waals surface area contributed by atoms with E-state index >= 15 is 0 Å². The molecule has 1 aromatic carbocycles. The van der Waals surface area contributed by atoms with Gasteiger partial charge in [-0.1, -0.05) is 43.0 Å². The zero-order chi connectivity index (χ0) is 16.1. The summed E-state index contributed by atoms with van der Waals surface area (Å²) in [6.07, 6.45) is 7.81. The third-order valence-electron chi connectivity index (χ3n) is 5.33. The zero-order valence-corrected chi connectivity index (χ0v) is 14.5. The molecule has 1 aromatic rings. The molecule has 0 aromatic heterocycles. The summed E-state index contributed by atoms with van der Waals surface area (Å²) in [6.45, 7) is 3.65. The maximum Gasteiger partial charge on any atom is 0.316 e. The van der Waals surface area contributed by atoms with Crippen molar-refractivity contribution in [2.45, 2.75) is 50.4 Å². The molecule has 0 spiro atoms. The minimum absolute atomic E-state index is 0.0469. The number of likely N-dealkylation sites (tertiary alicyclic amines) is 1. The molecule has 0 bridgehead atoms. The SMILES string of the molecule is O=C(OCCN1CCCCC1)C1(c2ccc(Cl)cc2)CCCC1. The van der Waals surface area contributed by atoms with Gasteiger partial charge in [-0.3, -0.25) is 9.69 Å². The average Bonchev–Trinajstić information content (AvgIpc) is 3.07. The van der Waals surface area contributed by atoms with E-state index in [0.717, 1.165) is 50.9 Å². The van der Waals surface area contributed by atoms with E-state index in [1.54, 1.807) is 0 Å². The van der Waals surface area contributed by atoms with Gasteiger partial charge in [0, 0.05) is 11.6 Å². The Hall–Kier alpha value is -1.06. The van der Waals surface area contributed by atoms with Gasteiger partial charge in [-0.2, -0.15) is 0 Å². The molecular weight excluding hydrogens is 310 g/mol. The van der Waals surface area contributed by atoms with E-state index in [1.165, 1.54) is 19.3 Å². The van der Waals surface area contributed by atoms with Crippen LogP contribution in [0.1, 0.15) is 50.5 Å². The third-order valence-corrected chi connectivity index (χ3v) is 5.59. The second-order valence-corrected chi connectivity index (χ2v) is 7.27. The van der Waals surface area contributed by atoms with E-state index in [-0.39, 0.29) is 5.97 Å². The Morgan fingerprint density at radius 1 is 1.04 bits per heavy atom. The van der Waals surface area contributed by atoms with Crippen LogP contribution in [0.3, 0.4) is 0 Å². The molecule has 0 N–H and O–H groups in total. The van der Waals surface area contributed by atoms with Gasteiger partial charge in [-0.15, -0.1) is 0 Å². The molecule has 3 nitrogen and oxygen atoms in total. The van der Waals surface area contributed by atoms with Gasteiger partial charge in [0.2, 0.25) is 0 Å². The number of carbonyl (C=O) groups excluding carboxylic acids is 1. The molecule has 2 aliphatic rings. The summed E-state index contributed by atoms with van der Waals surface area (Å²) in [5.41, 5.74) is 0.606. The topological polar surface area (TPSA) is 29.5 Å². The summed E-state index contributed by atoms with van der Waals surface area (Å²) in [7, 11) is 0. The van der Waals surface area contributed by atoms with Gasteiger partial charge < -0.3 is 4.74 Å². The Balaban J connectivity index is 1.61. The lowest BCUT2D eigenvalue weighted by Gasteiger charge is -2.29. The monoisotopic (exact) mass is 335 g/mol. The molecule has 0 unspecified atom stereocenters. The van der Waals surface area contributed by atoms with Crippen molar-refractivity contribution in [3.8, 4) is 0 Å². The molecular formula is C19H26ClNO2. The van der Waals surface area contributed by atoms with Crippen LogP contribution in [0.2, 0.25) is 5.02 Å². The highest BCUT2D eigenvalue weighted by atomic mass is 35.5. The van der Waals surface area contributed by atoms with Crippen molar-refractivity contribution in [2.75, 3.05) is 26.2 Å². The molecule has 1 saturated heterocycles. The quantitative estimate of drug-likeness (QED) is 0.756. The number of rotatable bonds is 5. The molecule has 23 heavy (non-hydrogen) atoms. The summed E-state index contributed by atoms with van der Waals surface area (Å²) in [5.74, 6) is -0.0469. The number of hydrogen-bond donors (Lipinski definition) is 0. The first-order chi connectivity index (χ1) is 11.2. The van der Waals surface area contributed by atoms with Gasteiger partial charge in [-0.05, 0) is 56.5 Å². The van der Waals surface area contributed by atoms with E-state index in [9.17, 15) is 4.79 Å². The fourth-order valence-corrected chi connectivity index (χ4v) is 4.07. The van der Waals surface area contributed by atoms with Crippen LogP contribution in [0.5, 0.6) is 0 Å². The van der Waals surface area contributed by atoms with E-state index in [4.69, 9.17) is 16.3 Å². The second-order valence-electron chi connectivity index (χ2n) is 6.83. The number of halogens is 1. The number of nitrogens with zero attached hydrogens (tertiary/aromatic N) is 1. The lowest BCUT2D eigenvalue weighted by atomic mass is 9.79. The highest BCUT2D eigenvalue weighted by Gasteiger charge is 2.44. The van der Waals surface area contributed by atoms with E-state index in [0.29, 0.717) is 11.6 Å². The summed E-state index contributed by atoms with van der Waals surface area (Å²) in [4.78, 5) is 15.2. The Morgan fingerprint density at radius 2 is 1.70 bits per heavy atom. The fraction of sp³-hybridized carbons (Fsp3) is 0.632. The van der Waals surface area contributed by atoms with Crippen molar-refractivity contribution in [3.05, 3.63) is 34.9 Å². The van der Waals surface area contributed by atoms with E-state index in [1.807, 2.05) is 24.3 Å². The minimum Gasteiger partial charge on any atom is -0.464 e. The van der Waals surface area contributed by atoms with Crippen molar-refractivity contribution in [1.29, 1.82) is 0 Å². The standard InChI is InChI=1S/C19H26ClNO2/c20-17-8-6-16(7-9-17)19(10-2-3-11-19)18(22)23-15-14-21-12-4-1-5-13-21/h6-9H,1-5,10-15H2. The van der Waals surface area contributed by atoms with Gasteiger partial charge in [-0.25, -0.2) is 0 Å². The number of carbonyl (C=O) groups is 1. The molecule has 126 valence electrons. The van der Waals surface area contributed by atoms with Gasteiger partial charge >= 0.3 is 5.97 Å². The third kappa shape index (κ3) is 3.89. The summed E-state index contributed by atoms with van der Waals surface area (Å²) in [5, 5.41) is 0.709. The summed E-state index contributed by atoms with van der Waals surface area (Å²) < 4.78 is 5.70. The van der Waals surface area contributed by atoms with Crippen LogP contribution in [-0.4, -0.2) is 37.1 Å². The predicted molar refractivity (Wildman–Crippen MR) is 92.8 cm³/mol. The first-order valence-electron chi connectivity index (χ1n) is 8.86. The normalized spacial score (nSPS) is 21.3. The molecule has 0 atom stereocenters. The molecule has 1 aliphatic carbocycles. The van der Waals surface area contributed by atoms with Crippen molar-refractivity contribution < 1.29 is 9.53 Å². The highest BCUT2D eigenvalue weighted by Crippen LogP contribution is 2.42. The minimum atomic E-state index is -0.452. The van der Waals surface area contributed by atoms with Gasteiger partial charge in [0.1, 0.15) is 6.61 Å². The number of ether oxygens (including phenoxy) is 1. The van der Waals surface area contributed by atoms with Gasteiger partial charge in [0.05, 0.1) is 5.41 Å². The smallest absolute Gasteiger partial charge is 0.316 e. The van der Waals surface area contributed by atoms with Crippen molar-refractivity contribution in [2.24, 2.45) is 0 Å². The largest absolute Gasteiger partial charge is 0.464 e. The highest BCUT2D eigenvalue weighted by molar-refractivity contribution is 6.30. The molecule has 1 heterocycles. The van der Waals surface area contributed by atoms with Crippen LogP contribution in [-0.2, 0) is 14.9 Å². The number of benzene rings is 1. The molecule has 0 radical (unpaired) electrons. The molecule has 0 amide bonds. The molecule has 3 rings (SSSR count). The number of hydrogen-bond acceptors (Lipinski definition) is 3. The Bertz CT molecular complexity index is 517. The summed E-state index contributed by atoms with van der Waals surface area (Å²) in [6, 6.07) is 7.72. The fourth-order valence-electron chi connectivity index (χ4n) is 3.95. The van der Waals surface area contributed by atoms with Crippen LogP contribution in [0.4, 0.5) is 0 Å². The van der Waals surface area contributed by atoms with Gasteiger partial charge in [0.25, 0.3) is 0 Å². The average molecular weight is 336 g/mol. The van der Waals surface area contributed by atoms with Crippen LogP contribution < -0.4 is 0 Å². The maximum atomic E-state index is 12.8. The molecule has 1 saturated carbocycles. The Kier molecular flexibility index (Phi) is 5.60. The first kappa shape index (κ1) is 16.8. The lowest BCUT2D eigenvalue weighted by Crippen LogP contribution is -2.38. The lowest BCUT2D eigenvalue weighted by molar-refractivity contribution is -0.151. The second kappa shape index (κ2) is 7.67. The predicted octanol–water partition coefficient (Wildman–Crippen LogP) is 4.18. The van der Waals surface area contributed by atoms with Crippen molar-refractivity contribution >= 4 is 17.6 Å². The van der Waals surface area contributed by atoms with Gasteiger partial charge in [0.15, 0.2) is 0 Å². The molecule has 2 fully saturated rings. The first-order valence-corrected chi connectivity index (χ1v) is 9.24. The van der Waals surface area contributed by atoms with Crippen LogP contribution in [0.25, 0.3) is 0 Å². The van der Waals surface area contributed by atoms with Crippen LogP contribution >= 0.6 is 11.6 Å². The maximum absolute atomic E-state index is 12.8. The Morgan fingerprint density at radius 3 is 2.35 bits per heavy atom. The van der Waals surface area contributed by atoms with Crippen LogP contribution in [0.15, 0.2) is 24.3 Å². The van der Waals surface area contributed by atoms with E-state index < -0.39 is 5.41 Å². The van der Waals surface area contributed by atoms with Crippen molar-refractivity contribution in [3.63, 3.8) is 0 Å². The Labute approximate surface area is 144 Å². The number of esters is 1. The summed E-state index contributed by atoms with van der Waals surface area (Å²) >= 11 is 5.99.